The number of benzene rings is 1. The van der Waals surface area contributed by atoms with E-state index in [9.17, 15) is 9.90 Å². The van der Waals surface area contributed by atoms with E-state index in [1.54, 1.807) is 12.1 Å². The van der Waals surface area contributed by atoms with Crippen molar-refractivity contribution in [2.45, 2.75) is 38.6 Å². The molecule has 21 heavy (non-hydrogen) atoms. The number of aliphatic hydroxyl groups excluding tert-OH is 1. The molecule has 1 fully saturated rings. The molecule has 0 heterocycles. The van der Waals surface area contributed by atoms with Gasteiger partial charge in [0.25, 0.3) is 5.91 Å². The molecule has 5 nitrogen and oxygen atoms in total. The van der Waals surface area contributed by atoms with Crippen LogP contribution in [0, 0.1) is 0 Å². The normalized spacial score (nSPS) is 15.1. The quantitative estimate of drug-likeness (QED) is 0.698. The Hall–Kier alpha value is -1.75. The van der Waals surface area contributed by atoms with Crippen molar-refractivity contribution in [3.05, 3.63) is 23.8 Å². The molecule has 2 rings (SSSR count). The van der Waals surface area contributed by atoms with Crippen LogP contribution in [0.15, 0.2) is 18.2 Å². The van der Waals surface area contributed by atoms with Crippen LogP contribution in [0.4, 0.5) is 11.4 Å². The van der Waals surface area contributed by atoms with E-state index in [1.165, 1.54) is 12.8 Å². The maximum atomic E-state index is 12.0. The zero-order valence-electron chi connectivity index (χ0n) is 12.6. The Labute approximate surface area is 126 Å². The monoisotopic (exact) mass is 291 g/mol. The molecule has 1 saturated carbocycles. The molecule has 1 aromatic rings. The number of nitrogens with zero attached hydrogens (tertiary/aromatic N) is 1. The minimum absolute atomic E-state index is 0.0846. The van der Waals surface area contributed by atoms with Gasteiger partial charge in [0.1, 0.15) is 0 Å². The van der Waals surface area contributed by atoms with Crippen LogP contribution in [0.1, 0.15) is 43.0 Å². The Balaban J connectivity index is 2.29. The van der Waals surface area contributed by atoms with Crippen LogP contribution in [0.2, 0.25) is 0 Å². The van der Waals surface area contributed by atoms with Gasteiger partial charge >= 0.3 is 0 Å². The first kappa shape index (κ1) is 15.6. The zero-order valence-corrected chi connectivity index (χ0v) is 12.6. The summed E-state index contributed by atoms with van der Waals surface area (Å²) in [5.74, 6) is -0.0888. The fourth-order valence-corrected chi connectivity index (χ4v) is 3.02. The van der Waals surface area contributed by atoms with Gasteiger partial charge in [0.2, 0.25) is 0 Å². The molecule has 0 unspecified atom stereocenters. The summed E-state index contributed by atoms with van der Waals surface area (Å²) in [6.45, 7) is 3.13. The summed E-state index contributed by atoms with van der Waals surface area (Å²) in [5, 5.41) is 12.2. The number of amides is 1. The van der Waals surface area contributed by atoms with Crippen LogP contribution in [-0.2, 0) is 0 Å². The highest BCUT2D eigenvalue weighted by molar-refractivity contribution is 5.96. The molecule has 0 saturated heterocycles. The molecule has 116 valence electrons. The predicted octanol–water partition coefficient (Wildman–Crippen LogP) is 1.76. The molecule has 4 N–H and O–H groups in total. The Kier molecular flexibility index (Phi) is 5.44. The number of nitrogens with two attached hydrogens (primary N) is 1. The highest BCUT2D eigenvalue weighted by Gasteiger charge is 2.24. The molecule has 1 aromatic carbocycles. The van der Waals surface area contributed by atoms with Crippen molar-refractivity contribution in [3.8, 4) is 0 Å². The summed E-state index contributed by atoms with van der Waals surface area (Å²) in [6.07, 6.45) is 4.65. The van der Waals surface area contributed by atoms with Crippen molar-refractivity contribution >= 4 is 17.3 Å². The molecule has 1 aliphatic carbocycles. The van der Waals surface area contributed by atoms with Crippen LogP contribution in [0.25, 0.3) is 0 Å². The molecule has 0 bridgehead atoms. The van der Waals surface area contributed by atoms with Crippen LogP contribution in [0.5, 0.6) is 0 Å². The number of carbonyl (C=O) groups excluding carboxylic acids is 1. The average Bonchev–Trinajstić information content (AvgIpc) is 3.00. The van der Waals surface area contributed by atoms with Crippen molar-refractivity contribution in [1.29, 1.82) is 0 Å². The summed E-state index contributed by atoms with van der Waals surface area (Å²) < 4.78 is 0. The highest BCUT2D eigenvalue weighted by atomic mass is 16.3. The molecule has 0 aromatic heterocycles. The third-order valence-corrected chi connectivity index (χ3v) is 4.05. The number of hydrogen-bond donors (Lipinski definition) is 3. The van der Waals surface area contributed by atoms with Crippen LogP contribution in [-0.4, -0.2) is 36.8 Å². The lowest BCUT2D eigenvalue weighted by Crippen LogP contribution is -2.36. The molecule has 0 spiro atoms. The molecule has 1 aliphatic rings. The molecular weight excluding hydrogens is 266 g/mol. The Morgan fingerprint density at radius 3 is 2.76 bits per heavy atom. The SMILES string of the molecule is CCNC(=O)c1ccc(N)c(N(CCO)C2CCCC2)c1. The van der Waals surface area contributed by atoms with Crippen LogP contribution < -0.4 is 16.0 Å². The van der Waals surface area contributed by atoms with E-state index in [-0.39, 0.29) is 12.5 Å². The largest absolute Gasteiger partial charge is 0.397 e. The van der Waals surface area contributed by atoms with Gasteiger partial charge in [0, 0.05) is 24.7 Å². The van der Waals surface area contributed by atoms with Gasteiger partial charge in [0.05, 0.1) is 18.0 Å². The lowest BCUT2D eigenvalue weighted by Gasteiger charge is -2.32. The number of aliphatic hydroxyl groups is 1. The van der Waals surface area contributed by atoms with Crippen LogP contribution in [0.3, 0.4) is 0 Å². The molecule has 0 atom stereocenters. The molecule has 0 radical (unpaired) electrons. The third-order valence-electron chi connectivity index (χ3n) is 4.05. The summed E-state index contributed by atoms with van der Waals surface area (Å²) >= 11 is 0. The van der Waals surface area contributed by atoms with Gasteiger partial charge < -0.3 is 21.1 Å². The minimum Gasteiger partial charge on any atom is -0.397 e. The van der Waals surface area contributed by atoms with Crippen molar-refractivity contribution in [3.63, 3.8) is 0 Å². The van der Waals surface area contributed by atoms with Crippen molar-refractivity contribution in [1.82, 2.24) is 5.32 Å². The standard InChI is InChI=1S/C16H25N3O2/c1-2-18-16(21)12-7-8-14(17)15(11-12)19(9-10-20)13-5-3-4-6-13/h7-8,11,13,20H,2-6,9-10,17H2,1H3,(H,18,21). The van der Waals surface area contributed by atoms with Gasteiger partial charge in [0.15, 0.2) is 0 Å². The maximum absolute atomic E-state index is 12.0. The first-order valence-corrected chi connectivity index (χ1v) is 7.72. The van der Waals surface area contributed by atoms with Gasteiger partial charge in [-0.3, -0.25) is 4.79 Å². The second-order valence-corrected chi connectivity index (χ2v) is 5.49. The summed E-state index contributed by atoms with van der Waals surface area (Å²) in [6, 6.07) is 5.77. The smallest absolute Gasteiger partial charge is 0.251 e. The van der Waals surface area contributed by atoms with E-state index in [4.69, 9.17) is 5.73 Å². The molecule has 1 amide bonds. The van der Waals surface area contributed by atoms with Gasteiger partial charge in [-0.1, -0.05) is 12.8 Å². The third kappa shape index (κ3) is 3.67. The van der Waals surface area contributed by atoms with Gasteiger partial charge in [-0.15, -0.1) is 0 Å². The van der Waals surface area contributed by atoms with E-state index in [0.717, 1.165) is 18.5 Å². The topological polar surface area (TPSA) is 78.6 Å². The lowest BCUT2D eigenvalue weighted by atomic mass is 10.1. The number of nitrogen functional groups attached to an aromatic ring is 1. The second kappa shape index (κ2) is 7.31. The van der Waals surface area contributed by atoms with E-state index in [1.807, 2.05) is 13.0 Å². The number of anilines is 2. The molecule has 0 aliphatic heterocycles. The van der Waals surface area contributed by atoms with Gasteiger partial charge in [-0.25, -0.2) is 0 Å². The minimum atomic E-state index is -0.0888. The molecule has 5 heteroatoms. The fourth-order valence-electron chi connectivity index (χ4n) is 3.02. The van der Waals surface area contributed by atoms with E-state index < -0.39 is 0 Å². The lowest BCUT2D eigenvalue weighted by molar-refractivity contribution is 0.0956. The van der Waals surface area contributed by atoms with Crippen molar-refractivity contribution in [2.24, 2.45) is 0 Å². The first-order chi connectivity index (χ1) is 10.2. The van der Waals surface area contributed by atoms with E-state index in [2.05, 4.69) is 10.2 Å². The summed E-state index contributed by atoms with van der Waals surface area (Å²) in [7, 11) is 0. The van der Waals surface area contributed by atoms with Crippen molar-refractivity contribution in [2.75, 3.05) is 30.3 Å². The average molecular weight is 291 g/mol. The Morgan fingerprint density at radius 1 is 1.43 bits per heavy atom. The number of hydrogen-bond acceptors (Lipinski definition) is 4. The Morgan fingerprint density at radius 2 is 2.14 bits per heavy atom. The van der Waals surface area contributed by atoms with Crippen molar-refractivity contribution < 1.29 is 9.90 Å². The van der Waals surface area contributed by atoms with Crippen LogP contribution >= 0.6 is 0 Å². The van der Waals surface area contributed by atoms with E-state index >= 15 is 0 Å². The first-order valence-electron chi connectivity index (χ1n) is 7.72. The molecular formula is C16H25N3O2. The zero-order chi connectivity index (χ0) is 15.2. The number of rotatable bonds is 6. The fraction of sp³-hybridized carbons (Fsp3) is 0.562. The number of carbonyl (C=O) groups is 1. The summed E-state index contributed by atoms with van der Waals surface area (Å²) in [5.41, 5.74) is 8.24. The van der Waals surface area contributed by atoms with E-state index in [0.29, 0.717) is 30.4 Å². The Bertz CT molecular complexity index is 484. The van der Waals surface area contributed by atoms with Gasteiger partial charge in [-0.05, 0) is 38.0 Å². The van der Waals surface area contributed by atoms with Gasteiger partial charge in [-0.2, -0.15) is 0 Å². The second-order valence-electron chi connectivity index (χ2n) is 5.49. The summed E-state index contributed by atoms with van der Waals surface area (Å²) in [4.78, 5) is 14.1. The maximum Gasteiger partial charge on any atom is 0.251 e. The number of nitrogens with one attached hydrogen (secondary N) is 1. The highest BCUT2D eigenvalue weighted by Crippen LogP contribution is 2.32. The predicted molar refractivity (Wildman–Crippen MR) is 85.5 cm³/mol.